The zero-order valence-corrected chi connectivity index (χ0v) is 11.8. The molecular formula is C13H16O6S. The number of carbonyl (C=O) groups is 1. The minimum atomic E-state index is -4.11. The lowest BCUT2D eigenvalue weighted by Crippen LogP contribution is -2.33. The normalized spacial score (nSPS) is 24.4. The number of aryl methyl sites for hydroxylation is 1. The van der Waals surface area contributed by atoms with Crippen molar-refractivity contribution in [2.24, 2.45) is 0 Å². The van der Waals surface area contributed by atoms with Crippen molar-refractivity contribution in [3.8, 4) is 0 Å². The first-order chi connectivity index (χ1) is 9.52. The summed E-state index contributed by atoms with van der Waals surface area (Å²) in [5, 5.41) is 0. The Bertz CT molecular complexity index is 553. The second-order valence-corrected chi connectivity index (χ2v) is 5.54. The summed E-state index contributed by atoms with van der Waals surface area (Å²) < 4.78 is 36.9. The van der Waals surface area contributed by atoms with Crippen molar-refractivity contribution in [3.63, 3.8) is 0 Å². The van der Waals surface area contributed by atoms with Crippen molar-refractivity contribution in [1.82, 2.24) is 0 Å². The molecule has 1 aromatic rings. The van der Waals surface area contributed by atoms with E-state index in [1.54, 1.807) is 6.92 Å². The lowest BCUT2D eigenvalue weighted by atomic mass is 10.0. The second kappa shape index (κ2) is 6.34. The number of ether oxygens (including phenoxy) is 1. The summed E-state index contributed by atoms with van der Waals surface area (Å²) in [5.74, 6) is -0.716. The first kappa shape index (κ1) is 15.0. The van der Waals surface area contributed by atoms with Crippen LogP contribution in [-0.2, 0) is 34.7 Å². The highest BCUT2D eigenvalue weighted by Crippen LogP contribution is 2.25. The molecule has 0 radical (unpaired) electrons. The van der Waals surface area contributed by atoms with Crippen molar-refractivity contribution < 1.29 is 26.3 Å². The summed E-state index contributed by atoms with van der Waals surface area (Å²) in [6, 6.07) is 9.51. The van der Waals surface area contributed by atoms with E-state index < -0.39 is 28.6 Å². The molecule has 110 valence electrons. The van der Waals surface area contributed by atoms with Crippen LogP contribution >= 0.6 is 0 Å². The van der Waals surface area contributed by atoms with Crippen molar-refractivity contribution in [3.05, 3.63) is 35.9 Å². The third kappa shape index (κ3) is 3.78. The Morgan fingerprint density at radius 2 is 1.95 bits per heavy atom. The third-order valence-electron chi connectivity index (χ3n) is 2.88. The van der Waals surface area contributed by atoms with E-state index in [0.29, 0.717) is 12.8 Å². The molecule has 1 aliphatic rings. The van der Waals surface area contributed by atoms with Gasteiger partial charge < -0.3 is 4.74 Å². The van der Waals surface area contributed by atoms with E-state index in [0.717, 1.165) is 5.56 Å². The number of rotatable bonds is 5. The van der Waals surface area contributed by atoms with Crippen LogP contribution in [0.2, 0.25) is 0 Å². The standard InChI is InChI=1S/C13H16O6S/c1-2-17-13(14)12-11(18-20(15,16)19-12)9-8-10-6-4-3-5-7-10/h3-7,11-12H,2,8-9H2,1H3/t11-,12+/m1/s1. The number of esters is 1. The number of carbonyl (C=O) groups excluding carboxylic acids is 1. The predicted octanol–water partition coefficient (Wildman–Crippen LogP) is 1.21. The van der Waals surface area contributed by atoms with E-state index in [4.69, 9.17) is 8.92 Å². The molecule has 1 aromatic carbocycles. The second-order valence-electron chi connectivity index (χ2n) is 4.34. The summed E-state index contributed by atoms with van der Waals surface area (Å²) in [6.07, 6.45) is -1.13. The minimum Gasteiger partial charge on any atom is -0.464 e. The number of hydrogen-bond donors (Lipinski definition) is 0. The molecule has 0 aliphatic carbocycles. The van der Waals surface area contributed by atoms with Gasteiger partial charge in [-0.05, 0) is 25.3 Å². The molecule has 0 aromatic heterocycles. The average molecular weight is 300 g/mol. The van der Waals surface area contributed by atoms with Crippen LogP contribution in [0, 0.1) is 0 Å². The zero-order chi connectivity index (χ0) is 14.6. The summed E-state index contributed by atoms with van der Waals surface area (Å²) in [6.45, 7) is 1.80. The molecule has 1 aliphatic heterocycles. The molecule has 0 N–H and O–H groups in total. The van der Waals surface area contributed by atoms with Crippen LogP contribution in [0.25, 0.3) is 0 Å². The summed E-state index contributed by atoms with van der Waals surface area (Å²) >= 11 is 0. The van der Waals surface area contributed by atoms with Gasteiger partial charge in [0, 0.05) is 0 Å². The van der Waals surface area contributed by atoms with Crippen molar-refractivity contribution in [2.45, 2.75) is 32.0 Å². The predicted molar refractivity (Wildman–Crippen MR) is 70.1 cm³/mol. The van der Waals surface area contributed by atoms with Gasteiger partial charge in [-0.3, -0.25) is 0 Å². The van der Waals surface area contributed by atoms with Crippen LogP contribution in [0.15, 0.2) is 30.3 Å². The molecule has 20 heavy (non-hydrogen) atoms. The van der Waals surface area contributed by atoms with Gasteiger partial charge in [0.1, 0.15) is 6.10 Å². The first-order valence-electron chi connectivity index (χ1n) is 6.34. The lowest BCUT2D eigenvalue weighted by molar-refractivity contribution is -0.152. The number of benzene rings is 1. The van der Waals surface area contributed by atoms with Crippen LogP contribution in [0.3, 0.4) is 0 Å². The minimum absolute atomic E-state index is 0.157. The van der Waals surface area contributed by atoms with Crippen LogP contribution in [0.4, 0.5) is 0 Å². The van der Waals surface area contributed by atoms with Crippen LogP contribution in [0.5, 0.6) is 0 Å². The van der Waals surface area contributed by atoms with Crippen molar-refractivity contribution in [1.29, 1.82) is 0 Å². The van der Waals surface area contributed by atoms with Gasteiger partial charge in [-0.25, -0.2) is 13.2 Å². The highest BCUT2D eigenvalue weighted by molar-refractivity contribution is 7.82. The largest absolute Gasteiger partial charge is 0.464 e. The Morgan fingerprint density at radius 1 is 1.25 bits per heavy atom. The molecule has 2 atom stereocenters. The van der Waals surface area contributed by atoms with Gasteiger partial charge in [0.15, 0.2) is 0 Å². The van der Waals surface area contributed by atoms with Crippen LogP contribution in [-0.4, -0.2) is 33.2 Å². The molecule has 0 bridgehead atoms. The maximum atomic E-state index is 11.7. The fourth-order valence-electron chi connectivity index (χ4n) is 1.98. The SMILES string of the molecule is CCOC(=O)[C@H]1OS(=O)(=O)O[C@@H]1CCc1ccccc1. The smallest absolute Gasteiger partial charge is 0.401 e. The van der Waals surface area contributed by atoms with E-state index in [9.17, 15) is 13.2 Å². The Labute approximate surface area is 118 Å². The van der Waals surface area contributed by atoms with Crippen molar-refractivity contribution in [2.75, 3.05) is 6.61 Å². The van der Waals surface area contributed by atoms with Gasteiger partial charge in [-0.2, -0.15) is 8.42 Å². The van der Waals surface area contributed by atoms with E-state index in [2.05, 4.69) is 4.18 Å². The fraction of sp³-hybridized carbons (Fsp3) is 0.462. The Morgan fingerprint density at radius 3 is 2.60 bits per heavy atom. The quantitative estimate of drug-likeness (QED) is 0.761. The van der Waals surface area contributed by atoms with Gasteiger partial charge in [0.25, 0.3) is 0 Å². The molecule has 1 heterocycles. The molecule has 0 amide bonds. The monoisotopic (exact) mass is 300 g/mol. The Balaban J connectivity index is 2.02. The first-order valence-corrected chi connectivity index (χ1v) is 7.67. The molecular weight excluding hydrogens is 284 g/mol. The van der Waals surface area contributed by atoms with Crippen molar-refractivity contribution >= 4 is 16.4 Å². The van der Waals surface area contributed by atoms with E-state index in [1.165, 1.54) is 0 Å². The van der Waals surface area contributed by atoms with Crippen LogP contribution in [0.1, 0.15) is 18.9 Å². The van der Waals surface area contributed by atoms with Gasteiger partial charge in [-0.15, -0.1) is 0 Å². The van der Waals surface area contributed by atoms with Gasteiger partial charge in [0.05, 0.1) is 6.61 Å². The maximum absolute atomic E-state index is 11.7. The molecule has 6 nitrogen and oxygen atoms in total. The fourth-order valence-corrected chi connectivity index (χ4v) is 2.98. The highest BCUT2D eigenvalue weighted by Gasteiger charge is 2.45. The van der Waals surface area contributed by atoms with Crippen LogP contribution < -0.4 is 0 Å². The highest BCUT2D eigenvalue weighted by atomic mass is 32.3. The molecule has 2 rings (SSSR count). The van der Waals surface area contributed by atoms with Gasteiger partial charge in [-0.1, -0.05) is 30.3 Å². The van der Waals surface area contributed by atoms with Gasteiger partial charge in [0.2, 0.25) is 6.10 Å². The molecule has 0 saturated carbocycles. The Kier molecular flexibility index (Phi) is 4.74. The average Bonchev–Trinajstić information content (AvgIpc) is 2.73. The summed E-state index contributed by atoms with van der Waals surface area (Å²) in [5.41, 5.74) is 1.03. The maximum Gasteiger partial charge on any atom is 0.401 e. The molecule has 0 unspecified atom stereocenters. The molecule has 1 saturated heterocycles. The summed E-state index contributed by atoms with van der Waals surface area (Å²) in [7, 11) is -4.11. The lowest BCUT2D eigenvalue weighted by Gasteiger charge is -2.13. The van der Waals surface area contributed by atoms with E-state index in [-0.39, 0.29) is 6.61 Å². The Hall–Kier alpha value is -1.44. The van der Waals surface area contributed by atoms with E-state index >= 15 is 0 Å². The molecule has 1 fully saturated rings. The number of hydrogen-bond acceptors (Lipinski definition) is 6. The zero-order valence-electron chi connectivity index (χ0n) is 11.0. The topological polar surface area (TPSA) is 78.9 Å². The third-order valence-corrected chi connectivity index (χ3v) is 3.81. The molecule has 0 spiro atoms. The summed E-state index contributed by atoms with van der Waals surface area (Å²) in [4.78, 5) is 11.7. The van der Waals surface area contributed by atoms with E-state index in [1.807, 2.05) is 30.3 Å². The molecule has 7 heteroatoms. The van der Waals surface area contributed by atoms with Gasteiger partial charge >= 0.3 is 16.4 Å².